The first-order chi connectivity index (χ1) is 6.63. The van der Waals surface area contributed by atoms with Crippen LogP contribution < -0.4 is 9.64 Å². The summed E-state index contributed by atoms with van der Waals surface area (Å²) >= 11 is 3.40. The van der Waals surface area contributed by atoms with E-state index in [4.69, 9.17) is 4.74 Å². The Morgan fingerprint density at radius 2 is 1.86 bits per heavy atom. The Hall–Kier alpha value is -0.700. The minimum atomic E-state index is 0.231. The van der Waals surface area contributed by atoms with Gasteiger partial charge in [0.15, 0.2) is 0 Å². The van der Waals surface area contributed by atoms with Crippen molar-refractivity contribution < 1.29 is 4.74 Å². The van der Waals surface area contributed by atoms with E-state index in [0.717, 1.165) is 11.2 Å². The fourth-order valence-electron chi connectivity index (χ4n) is 1.12. The van der Waals surface area contributed by atoms with E-state index in [9.17, 15) is 0 Å². The fourth-order valence-corrected chi connectivity index (χ4v) is 1.41. The molecule has 0 spiro atoms. The molecule has 0 aromatic heterocycles. The van der Waals surface area contributed by atoms with Gasteiger partial charge in [-0.2, -0.15) is 0 Å². The lowest BCUT2D eigenvalue weighted by atomic mass is 10.3. The molecule has 14 heavy (non-hydrogen) atoms. The third-order valence-corrected chi connectivity index (χ3v) is 2.58. The molecular formula is C11H16BrNO. The van der Waals surface area contributed by atoms with Crippen LogP contribution in [0.5, 0.6) is 5.75 Å². The molecule has 1 aromatic rings. The maximum Gasteiger partial charge on any atom is 0.119 e. The van der Waals surface area contributed by atoms with Crippen LogP contribution in [0, 0.1) is 0 Å². The van der Waals surface area contributed by atoms with Crippen LogP contribution in [-0.2, 0) is 0 Å². The van der Waals surface area contributed by atoms with Gasteiger partial charge in [0.05, 0.1) is 11.6 Å². The van der Waals surface area contributed by atoms with Crippen LogP contribution in [-0.4, -0.2) is 18.6 Å². The topological polar surface area (TPSA) is 12.5 Å². The number of benzene rings is 1. The standard InChI is InChI=1S/C11H16BrNO/c1-9(2)14-11-6-4-10(5-7-11)13(3)8-12/h4-7,9H,8H2,1-3H3. The summed E-state index contributed by atoms with van der Waals surface area (Å²) in [5.74, 6) is 0.923. The van der Waals surface area contributed by atoms with Crippen molar-refractivity contribution in [1.29, 1.82) is 0 Å². The number of ether oxygens (including phenoxy) is 1. The lowest BCUT2D eigenvalue weighted by molar-refractivity contribution is 0.242. The highest BCUT2D eigenvalue weighted by Gasteiger charge is 2.00. The van der Waals surface area contributed by atoms with Crippen molar-refractivity contribution in [2.24, 2.45) is 0 Å². The average molecular weight is 258 g/mol. The maximum absolute atomic E-state index is 5.55. The van der Waals surface area contributed by atoms with Crippen molar-refractivity contribution in [3.8, 4) is 5.75 Å². The number of hydrogen-bond donors (Lipinski definition) is 0. The first-order valence-corrected chi connectivity index (χ1v) is 5.79. The first kappa shape index (κ1) is 11.4. The van der Waals surface area contributed by atoms with Crippen LogP contribution in [0.4, 0.5) is 5.69 Å². The minimum Gasteiger partial charge on any atom is -0.491 e. The van der Waals surface area contributed by atoms with Crippen LogP contribution in [0.1, 0.15) is 13.8 Å². The number of hydrogen-bond acceptors (Lipinski definition) is 2. The van der Waals surface area contributed by atoms with Gasteiger partial charge in [0.1, 0.15) is 5.75 Å². The molecule has 2 nitrogen and oxygen atoms in total. The van der Waals surface area contributed by atoms with Gasteiger partial charge in [0.2, 0.25) is 0 Å². The molecule has 0 unspecified atom stereocenters. The fraction of sp³-hybridized carbons (Fsp3) is 0.455. The smallest absolute Gasteiger partial charge is 0.119 e. The van der Waals surface area contributed by atoms with Crippen molar-refractivity contribution in [2.45, 2.75) is 20.0 Å². The molecule has 0 aliphatic rings. The molecule has 0 aliphatic carbocycles. The van der Waals surface area contributed by atoms with Crippen LogP contribution in [0.15, 0.2) is 24.3 Å². The molecule has 0 fully saturated rings. The zero-order valence-corrected chi connectivity index (χ0v) is 10.4. The van der Waals surface area contributed by atoms with E-state index in [0.29, 0.717) is 0 Å². The summed E-state index contributed by atoms with van der Waals surface area (Å²) in [6.07, 6.45) is 0.231. The van der Waals surface area contributed by atoms with Gasteiger partial charge in [0, 0.05) is 12.7 Å². The van der Waals surface area contributed by atoms with Crippen LogP contribution >= 0.6 is 15.9 Å². The molecule has 0 saturated carbocycles. The maximum atomic E-state index is 5.55. The van der Waals surface area contributed by atoms with E-state index >= 15 is 0 Å². The zero-order chi connectivity index (χ0) is 10.6. The molecule has 0 aliphatic heterocycles. The largest absolute Gasteiger partial charge is 0.491 e. The highest BCUT2D eigenvalue weighted by Crippen LogP contribution is 2.19. The normalized spacial score (nSPS) is 10.4. The Balaban J connectivity index is 2.68. The second-order valence-electron chi connectivity index (χ2n) is 3.48. The third-order valence-electron chi connectivity index (χ3n) is 1.83. The number of alkyl halides is 1. The molecule has 0 saturated heterocycles. The molecule has 1 aromatic carbocycles. The van der Waals surface area contributed by atoms with Gasteiger partial charge in [-0.3, -0.25) is 0 Å². The first-order valence-electron chi connectivity index (χ1n) is 4.67. The molecule has 3 heteroatoms. The van der Waals surface area contributed by atoms with Gasteiger partial charge in [-0.25, -0.2) is 0 Å². The number of rotatable bonds is 4. The molecule has 78 valence electrons. The second kappa shape index (κ2) is 5.25. The van der Waals surface area contributed by atoms with E-state index in [1.54, 1.807) is 0 Å². The number of nitrogens with zero attached hydrogens (tertiary/aromatic N) is 1. The van der Waals surface area contributed by atoms with E-state index in [-0.39, 0.29) is 6.10 Å². The highest BCUT2D eigenvalue weighted by molar-refractivity contribution is 9.09. The second-order valence-corrected chi connectivity index (χ2v) is 3.98. The zero-order valence-electron chi connectivity index (χ0n) is 8.83. The Morgan fingerprint density at radius 1 is 1.29 bits per heavy atom. The number of anilines is 1. The molecular weight excluding hydrogens is 242 g/mol. The van der Waals surface area contributed by atoms with E-state index in [2.05, 4.69) is 33.0 Å². The van der Waals surface area contributed by atoms with E-state index in [1.165, 1.54) is 5.69 Å². The van der Waals surface area contributed by atoms with Crippen LogP contribution in [0.25, 0.3) is 0 Å². The predicted octanol–water partition coefficient (Wildman–Crippen LogP) is 3.26. The third kappa shape index (κ3) is 3.22. The Labute approximate surface area is 94.0 Å². The van der Waals surface area contributed by atoms with Crippen molar-refractivity contribution >= 4 is 21.6 Å². The molecule has 1 rings (SSSR count). The minimum absolute atomic E-state index is 0.231. The molecule has 0 heterocycles. The Bertz CT molecular complexity index is 271. The molecule has 0 radical (unpaired) electrons. The van der Waals surface area contributed by atoms with Crippen LogP contribution in [0.2, 0.25) is 0 Å². The summed E-state index contributed by atoms with van der Waals surface area (Å²) in [5.41, 5.74) is 2.01. The van der Waals surface area contributed by atoms with Gasteiger partial charge < -0.3 is 9.64 Å². The van der Waals surface area contributed by atoms with Crippen LogP contribution in [0.3, 0.4) is 0 Å². The Morgan fingerprint density at radius 3 is 2.29 bits per heavy atom. The predicted molar refractivity (Wildman–Crippen MR) is 64.4 cm³/mol. The Kier molecular flexibility index (Phi) is 4.26. The van der Waals surface area contributed by atoms with Crippen molar-refractivity contribution in [2.75, 3.05) is 17.4 Å². The summed E-state index contributed by atoms with van der Waals surface area (Å²) < 4.78 is 5.55. The van der Waals surface area contributed by atoms with E-state index < -0.39 is 0 Å². The molecule has 0 bridgehead atoms. The van der Waals surface area contributed by atoms with Crippen molar-refractivity contribution in [3.05, 3.63) is 24.3 Å². The summed E-state index contributed by atoms with van der Waals surface area (Å²) in [6.45, 7) is 4.05. The SMILES string of the molecule is CC(C)Oc1ccc(N(C)CBr)cc1. The molecule has 0 amide bonds. The quantitative estimate of drug-likeness (QED) is 0.607. The van der Waals surface area contributed by atoms with Gasteiger partial charge in [-0.15, -0.1) is 0 Å². The summed E-state index contributed by atoms with van der Waals surface area (Å²) in [4.78, 5) is 2.11. The molecule has 0 N–H and O–H groups in total. The van der Waals surface area contributed by atoms with Gasteiger partial charge in [0.25, 0.3) is 0 Å². The van der Waals surface area contributed by atoms with Gasteiger partial charge in [-0.1, -0.05) is 15.9 Å². The van der Waals surface area contributed by atoms with Crippen molar-refractivity contribution in [3.63, 3.8) is 0 Å². The van der Waals surface area contributed by atoms with Crippen molar-refractivity contribution in [1.82, 2.24) is 0 Å². The van der Waals surface area contributed by atoms with Gasteiger partial charge >= 0.3 is 0 Å². The monoisotopic (exact) mass is 257 g/mol. The summed E-state index contributed by atoms with van der Waals surface area (Å²) in [7, 11) is 2.03. The molecule has 0 atom stereocenters. The summed E-state index contributed by atoms with van der Waals surface area (Å²) in [6, 6.07) is 8.10. The number of halogens is 1. The highest BCUT2D eigenvalue weighted by atomic mass is 79.9. The van der Waals surface area contributed by atoms with E-state index in [1.807, 2.05) is 33.0 Å². The van der Waals surface area contributed by atoms with Gasteiger partial charge in [-0.05, 0) is 38.1 Å². The lowest BCUT2D eigenvalue weighted by Gasteiger charge is -2.16. The summed E-state index contributed by atoms with van der Waals surface area (Å²) in [5, 5.41) is 0. The average Bonchev–Trinajstić information content (AvgIpc) is 2.17. The lowest BCUT2D eigenvalue weighted by Crippen LogP contribution is -2.13.